The summed E-state index contributed by atoms with van der Waals surface area (Å²) in [5.41, 5.74) is 1.31. The zero-order valence-corrected chi connectivity index (χ0v) is 21.9. The van der Waals surface area contributed by atoms with Crippen LogP contribution in [0.1, 0.15) is 51.0 Å². The number of likely N-dealkylation sites (N-methyl/N-ethyl adjacent to an activating group) is 1. The van der Waals surface area contributed by atoms with Gasteiger partial charge in [-0.3, -0.25) is 9.69 Å². The van der Waals surface area contributed by atoms with E-state index in [4.69, 9.17) is 9.47 Å². The molecule has 2 aliphatic rings. The number of carbonyl (C=O) groups excluding carboxylic acids is 1. The minimum Gasteiger partial charge on any atom is -0.381 e. The molecule has 2 saturated heterocycles. The highest BCUT2D eigenvalue weighted by Crippen LogP contribution is 2.35. The Morgan fingerprint density at radius 1 is 1.11 bits per heavy atom. The maximum atomic E-state index is 14.0. The van der Waals surface area contributed by atoms with Crippen molar-refractivity contribution in [3.63, 3.8) is 0 Å². The molecule has 36 heavy (non-hydrogen) atoms. The lowest BCUT2D eigenvalue weighted by atomic mass is 9.87. The first-order valence-electron chi connectivity index (χ1n) is 12.9. The fourth-order valence-corrected chi connectivity index (χ4v) is 5.10. The second kappa shape index (κ2) is 11.4. The summed E-state index contributed by atoms with van der Waals surface area (Å²) in [4.78, 5) is 15.6. The van der Waals surface area contributed by atoms with Crippen LogP contribution in [0.5, 0.6) is 0 Å². The average Bonchev–Trinajstić information content (AvgIpc) is 3.17. The highest BCUT2D eigenvalue weighted by molar-refractivity contribution is 5.86. The number of carbonyl (C=O) groups is 1. The van der Waals surface area contributed by atoms with Gasteiger partial charge in [0.05, 0.1) is 6.10 Å². The van der Waals surface area contributed by atoms with E-state index in [1.807, 2.05) is 24.3 Å². The Morgan fingerprint density at radius 2 is 1.83 bits per heavy atom. The van der Waals surface area contributed by atoms with Gasteiger partial charge in [-0.25, -0.2) is 4.39 Å². The van der Waals surface area contributed by atoms with Crippen LogP contribution in [0.15, 0.2) is 54.6 Å². The van der Waals surface area contributed by atoms with E-state index in [-0.39, 0.29) is 35.5 Å². The molecule has 0 bridgehead atoms. The molecule has 0 aliphatic carbocycles. The third-order valence-corrected chi connectivity index (χ3v) is 7.25. The molecule has 0 aromatic heterocycles. The number of ether oxygens (including phenoxy) is 2. The second-order valence-corrected chi connectivity index (χ2v) is 11.3. The van der Waals surface area contributed by atoms with Crippen LogP contribution in [0.2, 0.25) is 0 Å². The molecular weight excluding hydrogens is 457 g/mol. The molecule has 4 rings (SSSR count). The first kappa shape index (κ1) is 26.7. The second-order valence-electron chi connectivity index (χ2n) is 11.3. The van der Waals surface area contributed by atoms with Crippen molar-refractivity contribution in [2.75, 3.05) is 33.4 Å². The molecule has 1 amide bonds. The number of nitrogens with zero attached hydrogens (tertiary/aromatic N) is 1. The minimum absolute atomic E-state index is 0.00174. The predicted molar refractivity (Wildman–Crippen MR) is 139 cm³/mol. The number of amides is 1. The SMILES string of the molecule is CN1C(c2ccccc2)OC(CNC2(C(=O)NCC(C)(C)C)CCOCC2)C1Cc1cccc(F)c1. The van der Waals surface area contributed by atoms with Crippen LogP contribution in [0.25, 0.3) is 0 Å². The summed E-state index contributed by atoms with van der Waals surface area (Å²) in [6, 6.07) is 16.9. The lowest BCUT2D eigenvalue weighted by Gasteiger charge is -2.38. The quantitative estimate of drug-likeness (QED) is 0.576. The molecule has 3 atom stereocenters. The van der Waals surface area contributed by atoms with Gasteiger partial charge in [0.2, 0.25) is 5.91 Å². The summed E-state index contributed by atoms with van der Waals surface area (Å²) >= 11 is 0. The van der Waals surface area contributed by atoms with Crippen LogP contribution in [-0.2, 0) is 20.7 Å². The van der Waals surface area contributed by atoms with Crippen LogP contribution < -0.4 is 10.6 Å². The zero-order chi connectivity index (χ0) is 25.8. The van der Waals surface area contributed by atoms with Crippen molar-refractivity contribution >= 4 is 5.91 Å². The van der Waals surface area contributed by atoms with Gasteiger partial charge in [-0.15, -0.1) is 0 Å². The molecule has 2 aliphatic heterocycles. The minimum atomic E-state index is -0.695. The molecule has 2 aromatic rings. The molecule has 7 heteroatoms. The highest BCUT2D eigenvalue weighted by Gasteiger charge is 2.44. The fourth-order valence-electron chi connectivity index (χ4n) is 5.10. The van der Waals surface area contributed by atoms with Gasteiger partial charge < -0.3 is 20.1 Å². The van der Waals surface area contributed by atoms with Gasteiger partial charge in [0.25, 0.3) is 0 Å². The van der Waals surface area contributed by atoms with E-state index < -0.39 is 5.54 Å². The molecule has 2 N–H and O–H groups in total. The van der Waals surface area contributed by atoms with E-state index >= 15 is 0 Å². The van der Waals surface area contributed by atoms with Gasteiger partial charge in [0.15, 0.2) is 0 Å². The summed E-state index contributed by atoms with van der Waals surface area (Å²) in [6.45, 7) is 8.54. The average molecular weight is 498 g/mol. The summed E-state index contributed by atoms with van der Waals surface area (Å²) in [5, 5.41) is 6.77. The Morgan fingerprint density at radius 3 is 2.50 bits per heavy atom. The van der Waals surface area contributed by atoms with E-state index in [1.165, 1.54) is 6.07 Å². The molecule has 0 saturated carbocycles. The molecule has 6 nitrogen and oxygen atoms in total. The van der Waals surface area contributed by atoms with Crippen LogP contribution in [0.4, 0.5) is 4.39 Å². The summed E-state index contributed by atoms with van der Waals surface area (Å²) < 4.78 is 26.2. The first-order valence-corrected chi connectivity index (χ1v) is 12.9. The first-order chi connectivity index (χ1) is 17.2. The molecular formula is C29H40FN3O3. The van der Waals surface area contributed by atoms with Gasteiger partial charge in [0, 0.05) is 32.3 Å². The van der Waals surface area contributed by atoms with Crippen molar-refractivity contribution in [2.24, 2.45) is 5.41 Å². The number of halogens is 1. The van der Waals surface area contributed by atoms with E-state index in [9.17, 15) is 9.18 Å². The van der Waals surface area contributed by atoms with E-state index in [0.717, 1.165) is 11.1 Å². The Balaban J connectivity index is 1.53. The monoisotopic (exact) mass is 497 g/mol. The Kier molecular flexibility index (Phi) is 8.45. The number of rotatable bonds is 8. The fraction of sp³-hybridized carbons (Fsp3) is 0.552. The Hall–Kier alpha value is -2.32. The lowest BCUT2D eigenvalue weighted by Crippen LogP contribution is -2.62. The molecule has 0 radical (unpaired) electrons. The van der Waals surface area contributed by atoms with Gasteiger partial charge in [0.1, 0.15) is 17.6 Å². The van der Waals surface area contributed by atoms with Gasteiger partial charge >= 0.3 is 0 Å². The van der Waals surface area contributed by atoms with E-state index in [0.29, 0.717) is 45.6 Å². The summed E-state index contributed by atoms with van der Waals surface area (Å²) in [5.74, 6) is -0.214. The third kappa shape index (κ3) is 6.51. The normalized spacial score (nSPS) is 24.5. The van der Waals surface area contributed by atoms with Crippen molar-refractivity contribution in [1.29, 1.82) is 0 Å². The van der Waals surface area contributed by atoms with Crippen LogP contribution in [0.3, 0.4) is 0 Å². The largest absolute Gasteiger partial charge is 0.381 e. The molecule has 2 fully saturated rings. The number of benzene rings is 2. The molecule has 196 valence electrons. The van der Waals surface area contributed by atoms with Crippen molar-refractivity contribution in [3.05, 3.63) is 71.5 Å². The lowest BCUT2D eigenvalue weighted by molar-refractivity contribution is -0.132. The van der Waals surface area contributed by atoms with Crippen LogP contribution in [0, 0.1) is 11.2 Å². The van der Waals surface area contributed by atoms with Crippen molar-refractivity contribution in [2.45, 2.75) is 63.9 Å². The number of hydrogen-bond acceptors (Lipinski definition) is 5. The molecule has 3 unspecified atom stereocenters. The Labute approximate surface area is 214 Å². The van der Waals surface area contributed by atoms with Gasteiger partial charge in [-0.2, -0.15) is 0 Å². The number of nitrogens with one attached hydrogen (secondary N) is 2. The van der Waals surface area contributed by atoms with E-state index in [1.54, 1.807) is 12.1 Å². The molecule has 2 heterocycles. The maximum absolute atomic E-state index is 14.0. The van der Waals surface area contributed by atoms with Crippen LogP contribution in [-0.4, -0.2) is 61.8 Å². The van der Waals surface area contributed by atoms with E-state index in [2.05, 4.69) is 55.5 Å². The Bertz CT molecular complexity index is 1000. The zero-order valence-electron chi connectivity index (χ0n) is 21.9. The van der Waals surface area contributed by atoms with Crippen molar-refractivity contribution in [3.8, 4) is 0 Å². The van der Waals surface area contributed by atoms with Crippen molar-refractivity contribution in [1.82, 2.24) is 15.5 Å². The molecule has 0 spiro atoms. The summed E-state index contributed by atoms with van der Waals surface area (Å²) in [7, 11) is 2.06. The maximum Gasteiger partial charge on any atom is 0.240 e. The van der Waals surface area contributed by atoms with Crippen molar-refractivity contribution < 1.29 is 18.7 Å². The molecule has 2 aromatic carbocycles. The topological polar surface area (TPSA) is 62.8 Å². The smallest absolute Gasteiger partial charge is 0.240 e. The standard InChI is InChI=1S/C29H40FN3O3/c1-28(2,3)20-31-27(34)29(13-15-35-16-14-29)32-19-25-24(18-21-9-8-12-23(30)17-21)33(4)26(36-25)22-10-6-5-7-11-22/h5-12,17,24-26,32H,13-16,18-20H2,1-4H3,(H,31,34). The number of hydrogen-bond donors (Lipinski definition) is 2. The predicted octanol–water partition coefficient (Wildman–Crippen LogP) is 4.07. The third-order valence-electron chi connectivity index (χ3n) is 7.25. The van der Waals surface area contributed by atoms with Gasteiger partial charge in [-0.05, 0) is 55.0 Å². The summed E-state index contributed by atoms with van der Waals surface area (Å²) in [6.07, 6.45) is 1.48. The van der Waals surface area contributed by atoms with Gasteiger partial charge in [-0.1, -0.05) is 63.2 Å². The highest BCUT2D eigenvalue weighted by atomic mass is 19.1. The van der Waals surface area contributed by atoms with Crippen LogP contribution >= 0.6 is 0 Å².